The van der Waals surface area contributed by atoms with E-state index in [1.54, 1.807) is 12.1 Å². The van der Waals surface area contributed by atoms with E-state index in [9.17, 15) is 4.79 Å². The molecule has 0 saturated heterocycles. The number of hydrogen-bond acceptors (Lipinski definition) is 3. The van der Waals surface area contributed by atoms with Gasteiger partial charge in [-0.3, -0.25) is 10.2 Å². The summed E-state index contributed by atoms with van der Waals surface area (Å²) in [7, 11) is 0. The van der Waals surface area contributed by atoms with Gasteiger partial charge in [-0.1, -0.05) is 19.9 Å². The topological polar surface area (TPSA) is 81.1 Å². The zero-order valence-electron chi connectivity index (χ0n) is 8.37. The molecule has 0 fully saturated rings. The van der Waals surface area contributed by atoms with Crippen LogP contribution in [0.4, 0.5) is 5.69 Å². The molecule has 0 unspecified atom stereocenters. The van der Waals surface area contributed by atoms with Crippen molar-refractivity contribution in [2.24, 2.45) is 5.84 Å². The molecule has 0 aliphatic heterocycles. The summed E-state index contributed by atoms with van der Waals surface area (Å²) in [5, 5.41) is 0. The molecule has 4 nitrogen and oxygen atoms in total. The van der Waals surface area contributed by atoms with Crippen molar-refractivity contribution >= 4 is 11.6 Å². The van der Waals surface area contributed by atoms with Gasteiger partial charge >= 0.3 is 0 Å². The molecule has 0 aliphatic rings. The van der Waals surface area contributed by atoms with Gasteiger partial charge in [0, 0.05) is 5.69 Å². The number of nitrogen functional groups attached to an aromatic ring is 2. The zero-order valence-corrected chi connectivity index (χ0v) is 8.37. The molecule has 0 radical (unpaired) electrons. The van der Waals surface area contributed by atoms with Crippen LogP contribution >= 0.6 is 0 Å². The van der Waals surface area contributed by atoms with E-state index in [1.807, 2.05) is 6.07 Å². The molecule has 0 aliphatic carbocycles. The molecule has 0 atom stereocenters. The Bertz CT molecular complexity index is 347. The fourth-order valence-corrected chi connectivity index (χ4v) is 1.21. The maximum atomic E-state index is 11.3. The number of nitrogens with one attached hydrogen (secondary N) is 1. The lowest BCUT2D eigenvalue weighted by Gasteiger charge is -2.09. The number of hydrogen-bond donors (Lipinski definition) is 3. The Balaban J connectivity index is 3.15. The van der Waals surface area contributed by atoms with Crippen molar-refractivity contribution in [1.82, 2.24) is 5.43 Å². The zero-order chi connectivity index (χ0) is 10.7. The number of carbonyl (C=O) groups excluding carboxylic acids is 1. The normalized spacial score (nSPS) is 10.3. The van der Waals surface area contributed by atoms with E-state index < -0.39 is 0 Å². The molecule has 0 aromatic heterocycles. The summed E-state index contributed by atoms with van der Waals surface area (Å²) in [6, 6.07) is 5.40. The quantitative estimate of drug-likeness (QED) is 0.283. The van der Waals surface area contributed by atoms with E-state index in [1.165, 1.54) is 0 Å². The monoisotopic (exact) mass is 193 g/mol. The summed E-state index contributed by atoms with van der Waals surface area (Å²) in [6.45, 7) is 4.10. The van der Waals surface area contributed by atoms with Crippen LogP contribution in [0, 0.1) is 0 Å². The SMILES string of the molecule is CC(C)c1ccc(N)c(C(=O)NN)c1. The van der Waals surface area contributed by atoms with Gasteiger partial charge in [-0.05, 0) is 23.6 Å². The Morgan fingerprint density at radius 3 is 2.57 bits per heavy atom. The van der Waals surface area contributed by atoms with Gasteiger partial charge in [0.2, 0.25) is 0 Å². The maximum Gasteiger partial charge on any atom is 0.267 e. The summed E-state index contributed by atoms with van der Waals surface area (Å²) in [6.07, 6.45) is 0. The Hall–Kier alpha value is -1.55. The van der Waals surface area contributed by atoms with Crippen LogP contribution in [0.15, 0.2) is 18.2 Å². The molecular weight excluding hydrogens is 178 g/mol. The Morgan fingerprint density at radius 2 is 2.07 bits per heavy atom. The van der Waals surface area contributed by atoms with Crippen LogP contribution in [-0.4, -0.2) is 5.91 Å². The molecule has 76 valence electrons. The minimum atomic E-state index is -0.356. The molecule has 0 saturated carbocycles. The summed E-state index contributed by atoms with van der Waals surface area (Å²) in [5.74, 6) is 5.05. The van der Waals surface area contributed by atoms with Crippen LogP contribution in [0.5, 0.6) is 0 Å². The largest absolute Gasteiger partial charge is 0.398 e. The molecule has 1 rings (SSSR count). The molecule has 4 heteroatoms. The minimum absolute atomic E-state index is 0.356. The van der Waals surface area contributed by atoms with E-state index in [0.717, 1.165) is 5.56 Å². The van der Waals surface area contributed by atoms with Crippen LogP contribution in [0.25, 0.3) is 0 Å². The third-order valence-corrected chi connectivity index (χ3v) is 2.12. The predicted octanol–water partition coefficient (Wildman–Crippen LogP) is 0.996. The minimum Gasteiger partial charge on any atom is -0.398 e. The highest BCUT2D eigenvalue weighted by molar-refractivity contribution is 5.98. The average Bonchev–Trinajstić information content (AvgIpc) is 2.17. The number of benzene rings is 1. The molecule has 1 aromatic carbocycles. The van der Waals surface area contributed by atoms with Gasteiger partial charge in [-0.15, -0.1) is 0 Å². The third-order valence-electron chi connectivity index (χ3n) is 2.12. The summed E-state index contributed by atoms with van der Waals surface area (Å²) >= 11 is 0. The van der Waals surface area contributed by atoms with Gasteiger partial charge in [0.25, 0.3) is 5.91 Å². The lowest BCUT2D eigenvalue weighted by molar-refractivity contribution is 0.0954. The average molecular weight is 193 g/mol. The fraction of sp³-hybridized carbons (Fsp3) is 0.300. The highest BCUT2D eigenvalue weighted by Crippen LogP contribution is 2.20. The smallest absolute Gasteiger partial charge is 0.267 e. The van der Waals surface area contributed by atoms with Crippen molar-refractivity contribution in [3.63, 3.8) is 0 Å². The van der Waals surface area contributed by atoms with Gasteiger partial charge in [-0.25, -0.2) is 5.84 Å². The number of hydrazine groups is 1. The van der Waals surface area contributed by atoms with Gasteiger partial charge in [0.05, 0.1) is 5.56 Å². The van der Waals surface area contributed by atoms with E-state index in [-0.39, 0.29) is 5.91 Å². The molecule has 0 heterocycles. The van der Waals surface area contributed by atoms with Crippen molar-refractivity contribution in [2.45, 2.75) is 19.8 Å². The van der Waals surface area contributed by atoms with E-state index >= 15 is 0 Å². The van der Waals surface area contributed by atoms with Crippen molar-refractivity contribution in [2.75, 3.05) is 5.73 Å². The first-order chi connectivity index (χ1) is 6.56. The van der Waals surface area contributed by atoms with Crippen LogP contribution < -0.4 is 17.0 Å². The van der Waals surface area contributed by atoms with Crippen molar-refractivity contribution in [3.8, 4) is 0 Å². The highest BCUT2D eigenvalue weighted by atomic mass is 16.2. The Morgan fingerprint density at radius 1 is 1.43 bits per heavy atom. The van der Waals surface area contributed by atoms with Crippen LogP contribution in [0.3, 0.4) is 0 Å². The molecule has 14 heavy (non-hydrogen) atoms. The predicted molar refractivity (Wildman–Crippen MR) is 56.6 cm³/mol. The van der Waals surface area contributed by atoms with Crippen molar-refractivity contribution < 1.29 is 4.79 Å². The number of anilines is 1. The maximum absolute atomic E-state index is 11.3. The summed E-state index contributed by atoms with van der Waals surface area (Å²) < 4.78 is 0. The second kappa shape index (κ2) is 4.11. The highest BCUT2D eigenvalue weighted by Gasteiger charge is 2.10. The first-order valence-electron chi connectivity index (χ1n) is 4.46. The van der Waals surface area contributed by atoms with Crippen molar-refractivity contribution in [1.29, 1.82) is 0 Å². The Labute approximate surface area is 83.3 Å². The molecule has 1 aromatic rings. The summed E-state index contributed by atoms with van der Waals surface area (Å²) in [5.41, 5.74) is 9.66. The molecule has 0 bridgehead atoms. The number of nitrogens with two attached hydrogens (primary N) is 2. The number of amides is 1. The lowest BCUT2D eigenvalue weighted by atomic mass is 9.99. The lowest BCUT2D eigenvalue weighted by Crippen LogP contribution is -2.30. The first kappa shape index (κ1) is 10.5. The number of rotatable bonds is 2. The first-order valence-corrected chi connectivity index (χ1v) is 4.46. The standard InChI is InChI=1S/C10H15N3O/c1-6(2)7-3-4-9(11)8(5-7)10(14)13-12/h3-6H,11-12H2,1-2H3,(H,13,14). The third kappa shape index (κ3) is 2.03. The van der Waals surface area contributed by atoms with E-state index in [0.29, 0.717) is 17.2 Å². The van der Waals surface area contributed by atoms with Crippen LogP contribution in [-0.2, 0) is 0 Å². The van der Waals surface area contributed by atoms with E-state index in [2.05, 4.69) is 19.3 Å². The second-order valence-corrected chi connectivity index (χ2v) is 3.47. The van der Waals surface area contributed by atoms with Gasteiger partial charge < -0.3 is 5.73 Å². The summed E-state index contributed by atoms with van der Waals surface area (Å²) in [4.78, 5) is 11.3. The second-order valence-electron chi connectivity index (χ2n) is 3.47. The van der Waals surface area contributed by atoms with Gasteiger partial charge in [0.1, 0.15) is 0 Å². The Kier molecular flexibility index (Phi) is 3.09. The number of carbonyl (C=O) groups is 1. The van der Waals surface area contributed by atoms with Crippen LogP contribution in [0.2, 0.25) is 0 Å². The van der Waals surface area contributed by atoms with Gasteiger partial charge in [0.15, 0.2) is 0 Å². The van der Waals surface area contributed by atoms with Gasteiger partial charge in [-0.2, -0.15) is 0 Å². The van der Waals surface area contributed by atoms with Crippen molar-refractivity contribution in [3.05, 3.63) is 29.3 Å². The fourth-order valence-electron chi connectivity index (χ4n) is 1.21. The molecule has 1 amide bonds. The van der Waals surface area contributed by atoms with Crippen LogP contribution in [0.1, 0.15) is 35.7 Å². The molecule has 5 N–H and O–H groups in total. The molecule has 0 spiro atoms. The van der Waals surface area contributed by atoms with E-state index in [4.69, 9.17) is 11.6 Å². The molecular formula is C10H15N3O.